The van der Waals surface area contributed by atoms with E-state index in [2.05, 4.69) is 49.9 Å². The third-order valence-electron chi connectivity index (χ3n) is 4.07. The van der Waals surface area contributed by atoms with Gasteiger partial charge in [-0.2, -0.15) is 0 Å². The molecule has 1 atom stereocenters. The zero-order valence-electron chi connectivity index (χ0n) is 12.6. The first-order valence-corrected chi connectivity index (χ1v) is 7.18. The van der Waals surface area contributed by atoms with Gasteiger partial charge in [0.15, 0.2) is 0 Å². The molecule has 2 rings (SSSR count). The molecule has 1 aromatic rings. The van der Waals surface area contributed by atoms with Crippen molar-refractivity contribution < 1.29 is 4.79 Å². The van der Waals surface area contributed by atoms with E-state index in [1.807, 2.05) is 0 Å². The minimum absolute atomic E-state index is 0.214. The lowest BCUT2D eigenvalue weighted by Gasteiger charge is -2.20. The maximum atomic E-state index is 11.4. The fourth-order valence-electron chi connectivity index (χ4n) is 2.68. The predicted molar refractivity (Wildman–Crippen MR) is 79.2 cm³/mol. The highest BCUT2D eigenvalue weighted by Gasteiger charge is 2.25. The molecule has 0 saturated carbocycles. The number of ketones is 1. The van der Waals surface area contributed by atoms with Gasteiger partial charge in [-0.1, -0.05) is 45.0 Å². The van der Waals surface area contributed by atoms with Crippen LogP contribution in [0.1, 0.15) is 45.2 Å². The van der Waals surface area contributed by atoms with E-state index in [1.54, 1.807) is 6.92 Å². The summed E-state index contributed by atoms with van der Waals surface area (Å²) in [6.45, 7) is 11.4. The summed E-state index contributed by atoms with van der Waals surface area (Å²) in [7, 11) is 0. The molecule has 0 amide bonds. The van der Waals surface area contributed by atoms with Crippen molar-refractivity contribution in [2.45, 2.75) is 46.1 Å². The maximum absolute atomic E-state index is 11.4. The van der Waals surface area contributed by atoms with Gasteiger partial charge in [0.25, 0.3) is 0 Å². The van der Waals surface area contributed by atoms with E-state index in [-0.39, 0.29) is 11.3 Å². The van der Waals surface area contributed by atoms with Crippen LogP contribution in [-0.2, 0) is 16.8 Å². The second kappa shape index (κ2) is 5.46. The number of hydrogen-bond donors (Lipinski definition) is 0. The monoisotopic (exact) mass is 259 g/mol. The Bertz CT molecular complexity index is 441. The van der Waals surface area contributed by atoms with Gasteiger partial charge in [0.05, 0.1) is 0 Å². The van der Waals surface area contributed by atoms with Crippen LogP contribution in [0, 0.1) is 5.92 Å². The zero-order chi connectivity index (χ0) is 14.0. The molecule has 1 aliphatic rings. The zero-order valence-corrected chi connectivity index (χ0v) is 12.6. The van der Waals surface area contributed by atoms with Gasteiger partial charge in [0.1, 0.15) is 5.78 Å². The minimum Gasteiger partial charge on any atom is -0.300 e. The quantitative estimate of drug-likeness (QED) is 0.829. The van der Waals surface area contributed by atoms with Gasteiger partial charge >= 0.3 is 0 Å². The summed E-state index contributed by atoms with van der Waals surface area (Å²) in [6.07, 6.45) is 1.02. The van der Waals surface area contributed by atoms with Crippen molar-refractivity contribution in [3.63, 3.8) is 0 Å². The van der Waals surface area contributed by atoms with E-state index in [1.165, 1.54) is 11.1 Å². The van der Waals surface area contributed by atoms with Gasteiger partial charge in [-0.15, -0.1) is 0 Å². The fraction of sp³-hybridized carbons (Fsp3) is 0.588. The Morgan fingerprint density at radius 1 is 1.26 bits per heavy atom. The largest absolute Gasteiger partial charge is 0.300 e. The highest BCUT2D eigenvalue weighted by atomic mass is 16.1. The third-order valence-corrected chi connectivity index (χ3v) is 4.07. The summed E-state index contributed by atoms with van der Waals surface area (Å²) < 4.78 is 0. The Hall–Kier alpha value is -1.15. The Morgan fingerprint density at radius 2 is 1.89 bits per heavy atom. The van der Waals surface area contributed by atoms with Crippen LogP contribution in [0.4, 0.5) is 0 Å². The second-order valence-electron chi connectivity index (χ2n) is 6.78. The van der Waals surface area contributed by atoms with Gasteiger partial charge in [0, 0.05) is 19.0 Å². The van der Waals surface area contributed by atoms with Crippen LogP contribution in [0.3, 0.4) is 0 Å². The fourth-order valence-corrected chi connectivity index (χ4v) is 2.68. The summed E-state index contributed by atoms with van der Waals surface area (Å²) in [6, 6.07) is 8.91. The van der Waals surface area contributed by atoms with Crippen molar-refractivity contribution in [3.05, 3.63) is 35.4 Å². The number of benzene rings is 1. The maximum Gasteiger partial charge on any atom is 0.134 e. The SMILES string of the molecule is CC(=O)C1CCN(Cc2ccc(C(C)(C)C)cc2)C1. The average molecular weight is 259 g/mol. The summed E-state index contributed by atoms with van der Waals surface area (Å²) in [5.74, 6) is 0.597. The number of carbonyl (C=O) groups is 1. The molecule has 1 heterocycles. The highest BCUT2D eigenvalue weighted by molar-refractivity contribution is 5.78. The molecular weight excluding hydrogens is 234 g/mol. The van der Waals surface area contributed by atoms with Gasteiger partial charge in [-0.05, 0) is 36.4 Å². The molecule has 1 fully saturated rings. The van der Waals surface area contributed by atoms with Crippen molar-refractivity contribution >= 4 is 5.78 Å². The Morgan fingerprint density at radius 3 is 2.37 bits per heavy atom. The molecule has 0 radical (unpaired) electrons. The number of Topliss-reactive ketones (excluding diaryl/α,β-unsaturated/α-hetero) is 1. The number of carbonyl (C=O) groups excluding carboxylic acids is 1. The van der Waals surface area contributed by atoms with Crippen LogP contribution in [0.15, 0.2) is 24.3 Å². The normalized spacial score (nSPS) is 20.7. The van der Waals surface area contributed by atoms with Crippen LogP contribution < -0.4 is 0 Å². The second-order valence-corrected chi connectivity index (χ2v) is 6.78. The lowest BCUT2D eigenvalue weighted by molar-refractivity contribution is -0.120. The van der Waals surface area contributed by atoms with E-state index < -0.39 is 0 Å². The van der Waals surface area contributed by atoms with Gasteiger partial charge in [0.2, 0.25) is 0 Å². The van der Waals surface area contributed by atoms with E-state index in [4.69, 9.17) is 0 Å². The molecule has 1 aromatic carbocycles. The van der Waals surface area contributed by atoms with Crippen molar-refractivity contribution in [2.24, 2.45) is 5.92 Å². The summed E-state index contributed by atoms with van der Waals surface area (Å²) >= 11 is 0. The number of nitrogens with zero attached hydrogens (tertiary/aromatic N) is 1. The predicted octanol–water partition coefficient (Wildman–Crippen LogP) is 3.40. The Balaban J connectivity index is 1.96. The van der Waals surface area contributed by atoms with E-state index in [0.717, 1.165) is 26.1 Å². The highest BCUT2D eigenvalue weighted by Crippen LogP contribution is 2.24. The summed E-state index contributed by atoms with van der Waals surface area (Å²) in [5.41, 5.74) is 2.93. The molecule has 0 aromatic heterocycles. The lowest BCUT2D eigenvalue weighted by Crippen LogP contribution is -2.22. The molecule has 104 valence electrons. The molecule has 0 N–H and O–H groups in total. The van der Waals surface area contributed by atoms with E-state index in [0.29, 0.717) is 5.78 Å². The van der Waals surface area contributed by atoms with Gasteiger partial charge in [-0.25, -0.2) is 0 Å². The van der Waals surface area contributed by atoms with Crippen molar-refractivity contribution in [1.29, 1.82) is 0 Å². The molecule has 1 saturated heterocycles. The molecule has 0 aliphatic carbocycles. The molecule has 2 heteroatoms. The van der Waals surface area contributed by atoms with Gasteiger partial charge < -0.3 is 0 Å². The van der Waals surface area contributed by atoms with Crippen molar-refractivity contribution in [1.82, 2.24) is 4.90 Å². The number of rotatable bonds is 3. The Labute approximate surface area is 116 Å². The van der Waals surface area contributed by atoms with Crippen molar-refractivity contribution in [2.75, 3.05) is 13.1 Å². The third kappa shape index (κ3) is 3.66. The van der Waals surface area contributed by atoms with Crippen LogP contribution in [-0.4, -0.2) is 23.8 Å². The minimum atomic E-state index is 0.214. The van der Waals surface area contributed by atoms with Crippen LogP contribution in [0.5, 0.6) is 0 Å². The van der Waals surface area contributed by atoms with Crippen molar-refractivity contribution in [3.8, 4) is 0 Å². The molecule has 19 heavy (non-hydrogen) atoms. The molecule has 1 unspecified atom stereocenters. The van der Waals surface area contributed by atoms with E-state index in [9.17, 15) is 4.79 Å². The molecule has 1 aliphatic heterocycles. The van der Waals surface area contributed by atoms with E-state index >= 15 is 0 Å². The van der Waals surface area contributed by atoms with Crippen LogP contribution >= 0.6 is 0 Å². The number of hydrogen-bond acceptors (Lipinski definition) is 2. The lowest BCUT2D eigenvalue weighted by atomic mass is 9.87. The molecular formula is C17H25NO. The smallest absolute Gasteiger partial charge is 0.134 e. The van der Waals surface area contributed by atoms with Crippen LogP contribution in [0.25, 0.3) is 0 Å². The summed E-state index contributed by atoms with van der Waals surface area (Å²) in [5, 5.41) is 0. The molecule has 0 bridgehead atoms. The standard InChI is InChI=1S/C17H25NO/c1-13(19)15-9-10-18(12-15)11-14-5-7-16(8-6-14)17(2,3)4/h5-8,15H,9-12H2,1-4H3. The summed E-state index contributed by atoms with van der Waals surface area (Å²) in [4.78, 5) is 13.8. The first kappa shape index (κ1) is 14.3. The average Bonchev–Trinajstić information content (AvgIpc) is 2.77. The van der Waals surface area contributed by atoms with Crippen LogP contribution in [0.2, 0.25) is 0 Å². The van der Waals surface area contributed by atoms with Gasteiger partial charge in [-0.3, -0.25) is 9.69 Å². The molecule has 2 nitrogen and oxygen atoms in total. The Kier molecular flexibility index (Phi) is 4.10. The first-order chi connectivity index (χ1) is 8.86. The first-order valence-electron chi connectivity index (χ1n) is 7.18. The topological polar surface area (TPSA) is 20.3 Å². The number of likely N-dealkylation sites (tertiary alicyclic amines) is 1. The molecule has 0 spiro atoms.